The third kappa shape index (κ3) is 10.5. The van der Waals surface area contributed by atoms with Crippen LogP contribution in [0, 0.1) is 0 Å². The first-order chi connectivity index (χ1) is 11.2. The van der Waals surface area contributed by atoms with Crippen molar-refractivity contribution in [3.05, 3.63) is 12.2 Å². The Kier molecular flexibility index (Phi) is 11.0. The third-order valence-corrected chi connectivity index (χ3v) is 4.35. The van der Waals surface area contributed by atoms with Crippen molar-refractivity contribution < 1.29 is 19.4 Å². The number of methoxy groups -OCH3 is 1. The summed E-state index contributed by atoms with van der Waals surface area (Å²) in [7, 11) is 1.43. The van der Waals surface area contributed by atoms with Gasteiger partial charge < -0.3 is 14.6 Å². The third-order valence-electron chi connectivity index (χ3n) is 4.35. The highest BCUT2D eigenvalue weighted by atomic mass is 16.6. The fourth-order valence-corrected chi connectivity index (χ4v) is 2.74. The van der Waals surface area contributed by atoms with Gasteiger partial charge in [0.1, 0.15) is 6.10 Å². The molecule has 4 nitrogen and oxygen atoms in total. The van der Waals surface area contributed by atoms with Crippen molar-refractivity contribution in [1.29, 1.82) is 0 Å². The number of unbranched alkanes of at least 4 members (excludes halogenated alkanes) is 6. The van der Waals surface area contributed by atoms with Crippen LogP contribution >= 0.6 is 0 Å². The highest BCUT2D eigenvalue weighted by molar-refractivity contribution is 5.68. The van der Waals surface area contributed by atoms with Crippen LogP contribution < -0.4 is 0 Å². The van der Waals surface area contributed by atoms with Crippen LogP contribution in [0.15, 0.2) is 12.2 Å². The van der Waals surface area contributed by atoms with Gasteiger partial charge in [-0.15, -0.1) is 0 Å². The summed E-state index contributed by atoms with van der Waals surface area (Å²) >= 11 is 0. The largest absolute Gasteiger partial charge is 0.469 e. The number of ether oxygens (including phenoxy) is 2. The van der Waals surface area contributed by atoms with Crippen LogP contribution in [-0.4, -0.2) is 36.5 Å². The summed E-state index contributed by atoms with van der Waals surface area (Å²) in [6.07, 6.45) is 15.6. The minimum absolute atomic E-state index is 0.124. The summed E-state index contributed by atoms with van der Waals surface area (Å²) in [4.78, 5) is 10.9. The number of aliphatic hydroxyl groups excluding tert-OH is 1. The topological polar surface area (TPSA) is 59.1 Å². The number of carbonyl (C=O) groups excluding carboxylic acids is 1. The molecule has 0 spiro atoms. The first-order valence-electron chi connectivity index (χ1n) is 9.26. The van der Waals surface area contributed by atoms with Gasteiger partial charge in [0.15, 0.2) is 0 Å². The molecule has 1 N–H and O–H groups in total. The second-order valence-electron chi connectivity index (χ2n) is 6.47. The minimum Gasteiger partial charge on any atom is -0.469 e. The maximum atomic E-state index is 10.9. The van der Waals surface area contributed by atoms with Crippen LogP contribution in [0.25, 0.3) is 0 Å². The van der Waals surface area contributed by atoms with Gasteiger partial charge in [-0.25, -0.2) is 0 Å². The molecule has 0 aromatic carbocycles. The van der Waals surface area contributed by atoms with E-state index in [1.54, 1.807) is 0 Å². The number of hydrogen-bond acceptors (Lipinski definition) is 4. The first kappa shape index (κ1) is 20.2. The molecule has 0 amide bonds. The van der Waals surface area contributed by atoms with Gasteiger partial charge in [-0.3, -0.25) is 4.79 Å². The number of hydrogen-bond donors (Lipinski definition) is 1. The minimum atomic E-state index is -0.356. The van der Waals surface area contributed by atoms with E-state index < -0.39 is 0 Å². The van der Waals surface area contributed by atoms with Gasteiger partial charge in [-0.05, 0) is 19.3 Å². The van der Waals surface area contributed by atoms with Crippen molar-refractivity contribution in [2.24, 2.45) is 0 Å². The molecule has 3 atom stereocenters. The summed E-state index contributed by atoms with van der Waals surface area (Å²) in [5.74, 6) is -0.124. The van der Waals surface area contributed by atoms with Crippen LogP contribution in [0.3, 0.4) is 0 Å². The Labute approximate surface area is 141 Å². The number of carbonyl (C=O) groups is 1. The average Bonchev–Trinajstić information content (AvgIpc) is 3.30. The molecule has 0 unspecified atom stereocenters. The van der Waals surface area contributed by atoms with Crippen LogP contribution in [0.4, 0.5) is 0 Å². The molecule has 0 aromatic heterocycles. The first-order valence-corrected chi connectivity index (χ1v) is 9.26. The van der Waals surface area contributed by atoms with Gasteiger partial charge in [0.2, 0.25) is 0 Å². The van der Waals surface area contributed by atoms with Crippen LogP contribution in [0.2, 0.25) is 0 Å². The Balaban J connectivity index is 1.92. The Hall–Kier alpha value is -0.870. The van der Waals surface area contributed by atoms with E-state index in [1.165, 1.54) is 26.4 Å². The summed E-state index contributed by atoms with van der Waals surface area (Å²) < 4.78 is 10.2. The van der Waals surface area contributed by atoms with Gasteiger partial charge in [-0.2, -0.15) is 0 Å². The van der Waals surface area contributed by atoms with Crippen molar-refractivity contribution in [3.63, 3.8) is 0 Å². The molecule has 0 aliphatic carbocycles. The van der Waals surface area contributed by atoms with E-state index in [9.17, 15) is 9.90 Å². The van der Waals surface area contributed by atoms with Gasteiger partial charge >= 0.3 is 5.97 Å². The summed E-state index contributed by atoms with van der Waals surface area (Å²) in [6, 6.07) is 0. The standard InChI is InChI=1S/C19H34O4/c1-3-4-8-12-17-18(23-17)15-14-16(20)11-9-6-5-7-10-13-19(21)22-2/h14-18,20H,3-13H2,1-2H3/b15-14+/t16-,17-,18-/m1/s1. The van der Waals surface area contributed by atoms with E-state index in [2.05, 4.69) is 11.7 Å². The lowest BCUT2D eigenvalue weighted by atomic mass is 10.1. The van der Waals surface area contributed by atoms with E-state index in [0.29, 0.717) is 12.5 Å². The van der Waals surface area contributed by atoms with Gasteiger partial charge in [-0.1, -0.05) is 64.0 Å². The molecular weight excluding hydrogens is 292 g/mol. The van der Waals surface area contributed by atoms with Crippen LogP contribution in [-0.2, 0) is 14.3 Å². The molecule has 0 aromatic rings. The lowest BCUT2D eigenvalue weighted by molar-refractivity contribution is -0.140. The van der Waals surface area contributed by atoms with E-state index in [4.69, 9.17) is 4.74 Å². The molecule has 1 aliphatic heterocycles. The molecule has 134 valence electrons. The fraction of sp³-hybridized carbons (Fsp3) is 0.842. The van der Waals surface area contributed by atoms with E-state index in [0.717, 1.165) is 44.9 Å². The second kappa shape index (κ2) is 12.5. The second-order valence-corrected chi connectivity index (χ2v) is 6.47. The molecule has 1 aliphatic rings. The predicted molar refractivity (Wildman–Crippen MR) is 92.3 cm³/mol. The fourth-order valence-electron chi connectivity index (χ4n) is 2.74. The number of aliphatic hydroxyl groups is 1. The smallest absolute Gasteiger partial charge is 0.305 e. The molecule has 0 bridgehead atoms. The molecule has 1 rings (SSSR count). The van der Waals surface area contributed by atoms with Gasteiger partial charge in [0.05, 0.1) is 19.3 Å². The van der Waals surface area contributed by atoms with Crippen molar-refractivity contribution in [2.45, 2.75) is 95.9 Å². The Morgan fingerprint density at radius 1 is 1.17 bits per heavy atom. The van der Waals surface area contributed by atoms with Crippen molar-refractivity contribution in [1.82, 2.24) is 0 Å². The zero-order chi connectivity index (χ0) is 16.9. The molecule has 1 saturated heterocycles. The molecule has 4 heteroatoms. The highest BCUT2D eigenvalue weighted by Gasteiger charge is 2.35. The normalized spacial score (nSPS) is 21.5. The molecule has 23 heavy (non-hydrogen) atoms. The summed E-state index contributed by atoms with van der Waals surface area (Å²) in [5, 5.41) is 9.93. The zero-order valence-electron chi connectivity index (χ0n) is 14.8. The van der Waals surface area contributed by atoms with Crippen molar-refractivity contribution in [2.75, 3.05) is 7.11 Å². The maximum Gasteiger partial charge on any atom is 0.305 e. The average molecular weight is 326 g/mol. The van der Waals surface area contributed by atoms with E-state index in [1.807, 2.05) is 12.2 Å². The van der Waals surface area contributed by atoms with Crippen molar-refractivity contribution in [3.8, 4) is 0 Å². The number of esters is 1. The van der Waals surface area contributed by atoms with Crippen molar-refractivity contribution >= 4 is 5.97 Å². The molecule has 1 heterocycles. The number of epoxide rings is 1. The van der Waals surface area contributed by atoms with Gasteiger partial charge in [0.25, 0.3) is 0 Å². The van der Waals surface area contributed by atoms with Gasteiger partial charge in [0, 0.05) is 6.42 Å². The highest BCUT2D eigenvalue weighted by Crippen LogP contribution is 2.28. The molecule has 0 radical (unpaired) electrons. The maximum absolute atomic E-state index is 10.9. The number of rotatable bonds is 14. The monoisotopic (exact) mass is 326 g/mol. The van der Waals surface area contributed by atoms with Crippen LogP contribution in [0.5, 0.6) is 0 Å². The molecular formula is C19H34O4. The zero-order valence-corrected chi connectivity index (χ0v) is 14.8. The lowest BCUT2D eigenvalue weighted by Crippen LogP contribution is -2.03. The lowest BCUT2D eigenvalue weighted by Gasteiger charge is -2.05. The van der Waals surface area contributed by atoms with E-state index >= 15 is 0 Å². The predicted octanol–water partition coefficient (Wildman–Crippen LogP) is 4.15. The Bertz CT molecular complexity index is 340. The Morgan fingerprint density at radius 3 is 2.65 bits per heavy atom. The molecule has 1 fully saturated rings. The summed E-state index contributed by atoms with van der Waals surface area (Å²) in [6.45, 7) is 2.21. The van der Waals surface area contributed by atoms with E-state index in [-0.39, 0.29) is 18.2 Å². The quantitative estimate of drug-likeness (QED) is 0.225. The Morgan fingerprint density at radius 2 is 1.91 bits per heavy atom. The van der Waals surface area contributed by atoms with Crippen LogP contribution in [0.1, 0.15) is 77.6 Å². The SMILES string of the molecule is CCCCC[C@H]1O[C@@H]1/C=C/[C@H](O)CCCCCCCC(=O)OC. The molecule has 0 saturated carbocycles. The summed E-state index contributed by atoms with van der Waals surface area (Å²) in [5.41, 5.74) is 0.